The maximum atomic E-state index is 13.7. The lowest BCUT2D eigenvalue weighted by molar-refractivity contribution is 0.0972. The van der Waals surface area contributed by atoms with Crippen LogP contribution in [0, 0.1) is 0 Å². The molecule has 5 rings (SSSR count). The summed E-state index contributed by atoms with van der Waals surface area (Å²) < 4.78 is 6.72. The van der Waals surface area contributed by atoms with E-state index in [1.54, 1.807) is 36.3 Å². The van der Waals surface area contributed by atoms with Gasteiger partial charge in [0.25, 0.3) is 11.8 Å². The Bertz CT molecular complexity index is 1220. The zero-order valence-electron chi connectivity index (χ0n) is 19.2. The minimum atomic E-state index is -0.653. The third-order valence-corrected chi connectivity index (χ3v) is 7.22. The summed E-state index contributed by atoms with van der Waals surface area (Å²) in [6.45, 7) is 0.556. The summed E-state index contributed by atoms with van der Waals surface area (Å²) in [6, 6.07) is 15.1. The van der Waals surface area contributed by atoms with Crippen LogP contribution in [0.25, 0.3) is 5.69 Å². The monoisotopic (exact) mass is 460 g/mol. The van der Waals surface area contributed by atoms with E-state index in [9.17, 15) is 14.7 Å². The average molecular weight is 461 g/mol. The number of methoxy groups -OCH3 is 1. The van der Waals surface area contributed by atoms with E-state index in [0.29, 0.717) is 35.7 Å². The molecule has 8 nitrogen and oxygen atoms in total. The molecule has 0 bridgehead atoms. The van der Waals surface area contributed by atoms with Gasteiger partial charge in [0.1, 0.15) is 11.4 Å². The van der Waals surface area contributed by atoms with Gasteiger partial charge in [-0.25, -0.2) is 4.68 Å². The maximum absolute atomic E-state index is 13.7. The van der Waals surface area contributed by atoms with Crippen molar-refractivity contribution in [3.8, 4) is 11.4 Å². The molecule has 1 aromatic heterocycles. The van der Waals surface area contributed by atoms with Gasteiger partial charge < -0.3 is 20.5 Å². The van der Waals surface area contributed by atoms with Gasteiger partial charge in [-0.05, 0) is 61.2 Å². The van der Waals surface area contributed by atoms with E-state index in [1.807, 2.05) is 24.3 Å². The van der Waals surface area contributed by atoms with E-state index < -0.39 is 5.91 Å². The molecule has 8 heteroatoms. The summed E-state index contributed by atoms with van der Waals surface area (Å²) in [4.78, 5) is 27.5. The van der Waals surface area contributed by atoms with E-state index >= 15 is 0 Å². The average Bonchev–Trinajstić information content (AvgIpc) is 3.51. The third-order valence-electron chi connectivity index (χ3n) is 7.22. The first-order valence-corrected chi connectivity index (χ1v) is 11.6. The lowest BCUT2D eigenvalue weighted by atomic mass is 9.79. The third kappa shape index (κ3) is 3.54. The van der Waals surface area contributed by atoms with Gasteiger partial charge >= 0.3 is 0 Å². The summed E-state index contributed by atoms with van der Waals surface area (Å²) in [5, 5.41) is 14.4. The topological polar surface area (TPSA) is 111 Å². The Hall–Kier alpha value is -3.65. The molecule has 2 heterocycles. The van der Waals surface area contributed by atoms with Crippen molar-refractivity contribution in [3.05, 3.63) is 71.0 Å². The minimum absolute atomic E-state index is 0.125. The molecule has 3 N–H and O–H groups in total. The zero-order chi connectivity index (χ0) is 23.9. The van der Waals surface area contributed by atoms with Crippen LogP contribution in [-0.2, 0) is 11.8 Å². The van der Waals surface area contributed by atoms with Crippen LogP contribution in [0.3, 0.4) is 0 Å². The number of hydrogen-bond donors (Lipinski definition) is 2. The molecule has 0 atom stereocenters. The number of fused-ring (bicyclic) bond motifs is 1. The second-order valence-corrected chi connectivity index (χ2v) is 9.05. The van der Waals surface area contributed by atoms with Gasteiger partial charge in [-0.1, -0.05) is 25.0 Å². The molecule has 1 aliphatic carbocycles. The molecule has 34 heavy (non-hydrogen) atoms. The molecule has 2 aromatic carbocycles. The molecule has 0 unspecified atom stereocenters. The number of aliphatic hydroxyl groups is 1. The van der Waals surface area contributed by atoms with Crippen LogP contribution in [0.5, 0.6) is 5.75 Å². The number of carbonyl (C=O) groups is 2. The van der Waals surface area contributed by atoms with Gasteiger partial charge in [-0.15, -0.1) is 0 Å². The fraction of sp³-hybridized carbons (Fsp3) is 0.346. The largest absolute Gasteiger partial charge is 0.497 e. The molecular formula is C26H28N4O4. The molecular weight excluding hydrogens is 432 g/mol. The Morgan fingerprint density at radius 1 is 1.09 bits per heavy atom. The first-order valence-electron chi connectivity index (χ1n) is 11.6. The zero-order valence-corrected chi connectivity index (χ0v) is 19.2. The molecule has 0 saturated heterocycles. The second kappa shape index (κ2) is 8.61. The van der Waals surface area contributed by atoms with E-state index in [-0.39, 0.29) is 23.6 Å². The number of ether oxygens (including phenoxy) is 1. The van der Waals surface area contributed by atoms with E-state index in [1.165, 1.54) is 4.68 Å². The van der Waals surface area contributed by atoms with Crippen molar-refractivity contribution in [1.82, 2.24) is 9.78 Å². The normalized spacial score (nSPS) is 17.0. The molecule has 0 spiro atoms. The van der Waals surface area contributed by atoms with Gasteiger partial charge in [0.05, 0.1) is 19.4 Å². The molecule has 1 fully saturated rings. The predicted octanol–water partition coefficient (Wildman–Crippen LogP) is 2.99. The predicted molar refractivity (Wildman–Crippen MR) is 128 cm³/mol. The van der Waals surface area contributed by atoms with E-state index in [0.717, 1.165) is 36.9 Å². The standard InChI is InChI=1S/C26H28N4O4/c1-34-20-10-8-19(9-11-20)30-23-21(22(28-30)24(27)32)12-15-29(25(23)33)18-6-4-17(5-7-18)26(16-31)13-2-3-14-26/h4-11,31H,2-3,12-16H2,1H3,(H2,27,32). The number of hydrogen-bond acceptors (Lipinski definition) is 5. The molecule has 2 amide bonds. The van der Waals surface area contributed by atoms with Crippen molar-refractivity contribution in [2.24, 2.45) is 5.73 Å². The fourth-order valence-electron chi connectivity index (χ4n) is 5.30. The Labute approximate surface area is 197 Å². The molecule has 0 radical (unpaired) electrons. The smallest absolute Gasteiger partial charge is 0.277 e. The number of rotatable bonds is 6. The van der Waals surface area contributed by atoms with Crippen LogP contribution in [-0.4, -0.2) is 47.0 Å². The summed E-state index contributed by atoms with van der Waals surface area (Å²) in [5.74, 6) is -0.210. The van der Waals surface area contributed by atoms with Crippen LogP contribution < -0.4 is 15.4 Å². The van der Waals surface area contributed by atoms with Crippen molar-refractivity contribution in [1.29, 1.82) is 0 Å². The van der Waals surface area contributed by atoms with Crippen LogP contribution in [0.1, 0.15) is 57.8 Å². The summed E-state index contributed by atoms with van der Waals surface area (Å²) in [6.07, 6.45) is 4.66. The number of primary amides is 1. The molecule has 1 aliphatic heterocycles. The Balaban J connectivity index is 1.51. The van der Waals surface area contributed by atoms with Crippen molar-refractivity contribution < 1.29 is 19.4 Å². The van der Waals surface area contributed by atoms with Crippen LogP contribution >= 0.6 is 0 Å². The maximum Gasteiger partial charge on any atom is 0.277 e. The van der Waals surface area contributed by atoms with Crippen LogP contribution in [0.2, 0.25) is 0 Å². The van der Waals surface area contributed by atoms with Gasteiger partial charge in [0.15, 0.2) is 5.69 Å². The van der Waals surface area contributed by atoms with E-state index in [2.05, 4.69) is 5.10 Å². The molecule has 3 aromatic rings. The molecule has 176 valence electrons. The number of anilines is 1. The van der Waals surface area contributed by atoms with Gasteiger partial charge in [-0.3, -0.25) is 9.59 Å². The number of benzene rings is 2. The first-order chi connectivity index (χ1) is 16.5. The number of nitrogens with zero attached hydrogens (tertiary/aromatic N) is 3. The Morgan fingerprint density at radius 2 is 1.74 bits per heavy atom. The van der Waals surface area contributed by atoms with Crippen LogP contribution in [0.15, 0.2) is 48.5 Å². The SMILES string of the molecule is COc1ccc(-n2nc(C(N)=O)c3c2C(=O)N(c2ccc(C4(CO)CCCC4)cc2)CC3)cc1. The summed E-state index contributed by atoms with van der Waals surface area (Å²) in [5.41, 5.74) is 8.98. The molecule has 1 saturated carbocycles. The van der Waals surface area contributed by atoms with Crippen molar-refractivity contribution in [2.45, 2.75) is 37.5 Å². The summed E-state index contributed by atoms with van der Waals surface area (Å²) in [7, 11) is 1.58. The van der Waals surface area contributed by atoms with Gasteiger partial charge in [-0.2, -0.15) is 5.10 Å². The quantitative estimate of drug-likeness (QED) is 0.588. The highest BCUT2D eigenvalue weighted by Gasteiger charge is 2.37. The van der Waals surface area contributed by atoms with Crippen molar-refractivity contribution >= 4 is 17.5 Å². The lowest BCUT2D eigenvalue weighted by Crippen LogP contribution is -2.39. The lowest BCUT2D eigenvalue weighted by Gasteiger charge is -2.30. The van der Waals surface area contributed by atoms with Gasteiger partial charge in [0, 0.05) is 23.2 Å². The number of nitrogens with two attached hydrogens (primary N) is 1. The Morgan fingerprint density at radius 3 is 2.32 bits per heavy atom. The van der Waals surface area contributed by atoms with Crippen molar-refractivity contribution in [2.75, 3.05) is 25.2 Å². The highest BCUT2D eigenvalue weighted by atomic mass is 16.5. The fourth-order valence-corrected chi connectivity index (χ4v) is 5.30. The minimum Gasteiger partial charge on any atom is -0.497 e. The van der Waals surface area contributed by atoms with Crippen molar-refractivity contribution in [3.63, 3.8) is 0 Å². The number of aromatic nitrogens is 2. The highest BCUT2D eigenvalue weighted by Crippen LogP contribution is 2.41. The number of amides is 2. The number of aliphatic hydroxyl groups excluding tert-OH is 1. The van der Waals surface area contributed by atoms with Gasteiger partial charge in [0.2, 0.25) is 0 Å². The first kappa shape index (κ1) is 22.2. The molecule has 2 aliphatic rings. The van der Waals surface area contributed by atoms with Crippen LogP contribution in [0.4, 0.5) is 5.69 Å². The highest BCUT2D eigenvalue weighted by molar-refractivity contribution is 6.09. The second-order valence-electron chi connectivity index (χ2n) is 9.05. The Kier molecular flexibility index (Phi) is 5.61. The van der Waals surface area contributed by atoms with E-state index in [4.69, 9.17) is 10.5 Å². The number of carbonyl (C=O) groups excluding carboxylic acids is 2. The summed E-state index contributed by atoms with van der Waals surface area (Å²) >= 11 is 0.